The van der Waals surface area contributed by atoms with Crippen molar-refractivity contribution in [3.05, 3.63) is 60.2 Å². The molecule has 25 heavy (non-hydrogen) atoms. The van der Waals surface area contributed by atoms with Gasteiger partial charge in [-0.3, -0.25) is 4.79 Å². The van der Waals surface area contributed by atoms with Gasteiger partial charge in [-0.15, -0.1) is 0 Å². The summed E-state index contributed by atoms with van der Waals surface area (Å²) in [4.78, 5) is 23.5. The molecule has 0 heterocycles. The zero-order chi connectivity index (χ0) is 18.1. The molecule has 2 aromatic carbocycles. The van der Waals surface area contributed by atoms with Gasteiger partial charge < -0.3 is 15.4 Å². The van der Waals surface area contributed by atoms with Gasteiger partial charge in [0.1, 0.15) is 0 Å². The van der Waals surface area contributed by atoms with Crippen molar-refractivity contribution in [3.63, 3.8) is 0 Å². The number of ether oxygens (including phenoxy) is 1. The van der Waals surface area contributed by atoms with Crippen LogP contribution in [-0.2, 0) is 4.74 Å². The molecule has 0 saturated heterocycles. The van der Waals surface area contributed by atoms with Gasteiger partial charge in [0.2, 0.25) is 0 Å². The van der Waals surface area contributed by atoms with E-state index >= 15 is 0 Å². The van der Waals surface area contributed by atoms with E-state index in [4.69, 9.17) is 4.74 Å². The lowest BCUT2D eigenvalue weighted by Crippen LogP contribution is -2.35. The summed E-state index contributed by atoms with van der Waals surface area (Å²) in [5, 5.41) is 5.37. The van der Waals surface area contributed by atoms with Crippen LogP contribution in [0.3, 0.4) is 0 Å². The summed E-state index contributed by atoms with van der Waals surface area (Å²) >= 11 is 0. The fourth-order valence-corrected chi connectivity index (χ4v) is 2.18. The quantitative estimate of drug-likeness (QED) is 0.759. The van der Waals surface area contributed by atoms with Crippen molar-refractivity contribution in [3.8, 4) is 11.1 Å². The Morgan fingerprint density at radius 2 is 1.48 bits per heavy atom. The molecule has 5 nitrogen and oxygen atoms in total. The van der Waals surface area contributed by atoms with E-state index < -0.39 is 6.09 Å². The van der Waals surface area contributed by atoms with Crippen LogP contribution in [0.4, 0.5) is 4.79 Å². The molecule has 0 aromatic heterocycles. The van der Waals surface area contributed by atoms with E-state index in [1.807, 2.05) is 56.3 Å². The molecule has 0 aliphatic rings. The van der Waals surface area contributed by atoms with Crippen LogP contribution in [0.2, 0.25) is 0 Å². The molecule has 0 fully saturated rings. The Balaban J connectivity index is 1.75. The number of hydrogen-bond acceptors (Lipinski definition) is 3. The number of nitrogens with one attached hydrogen (secondary N) is 2. The highest BCUT2D eigenvalue weighted by molar-refractivity contribution is 5.94. The maximum atomic E-state index is 12.1. The molecule has 0 aliphatic heterocycles. The molecular formula is C20H24N2O3. The number of amides is 2. The predicted octanol–water partition coefficient (Wildman–Crippen LogP) is 3.47. The van der Waals surface area contributed by atoms with Gasteiger partial charge in [0, 0.05) is 18.7 Å². The van der Waals surface area contributed by atoms with E-state index in [0.717, 1.165) is 11.1 Å². The lowest BCUT2D eigenvalue weighted by Gasteiger charge is -2.09. The Kier molecular flexibility index (Phi) is 7.01. The zero-order valence-corrected chi connectivity index (χ0v) is 14.6. The Morgan fingerprint density at radius 1 is 0.880 bits per heavy atom. The van der Waals surface area contributed by atoms with Gasteiger partial charge in [-0.1, -0.05) is 56.3 Å². The van der Waals surface area contributed by atoms with Gasteiger partial charge in [0.25, 0.3) is 5.91 Å². The summed E-state index contributed by atoms with van der Waals surface area (Å²) in [6.07, 6.45) is -0.463. The minimum Gasteiger partial charge on any atom is -0.449 e. The Hall–Kier alpha value is -2.82. The van der Waals surface area contributed by atoms with Crippen molar-refractivity contribution in [2.75, 3.05) is 19.7 Å². The van der Waals surface area contributed by atoms with E-state index in [2.05, 4.69) is 10.6 Å². The molecule has 132 valence electrons. The number of carbonyl (C=O) groups excluding carboxylic acids is 2. The van der Waals surface area contributed by atoms with Crippen molar-refractivity contribution in [1.82, 2.24) is 10.6 Å². The standard InChI is InChI=1S/C20H24N2O3/c1-15(2)14-25-20(24)22-13-12-21-19(23)18-10-8-17(9-11-18)16-6-4-3-5-7-16/h3-11,15H,12-14H2,1-2H3,(H,21,23)(H,22,24). The van der Waals surface area contributed by atoms with Crippen molar-refractivity contribution >= 4 is 12.0 Å². The van der Waals surface area contributed by atoms with Crippen LogP contribution in [-0.4, -0.2) is 31.7 Å². The third-order valence-corrected chi connectivity index (χ3v) is 3.48. The molecule has 0 radical (unpaired) electrons. The molecule has 0 spiro atoms. The van der Waals surface area contributed by atoms with E-state index in [9.17, 15) is 9.59 Å². The van der Waals surface area contributed by atoms with Gasteiger partial charge in [-0.25, -0.2) is 4.79 Å². The number of rotatable bonds is 7. The van der Waals surface area contributed by atoms with E-state index in [-0.39, 0.29) is 5.91 Å². The summed E-state index contributed by atoms with van der Waals surface area (Å²) in [5.41, 5.74) is 2.76. The highest BCUT2D eigenvalue weighted by atomic mass is 16.5. The zero-order valence-electron chi connectivity index (χ0n) is 14.6. The molecule has 2 N–H and O–H groups in total. The van der Waals surface area contributed by atoms with Crippen LogP contribution in [0.25, 0.3) is 11.1 Å². The maximum absolute atomic E-state index is 12.1. The molecular weight excluding hydrogens is 316 g/mol. The highest BCUT2D eigenvalue weighted by Crippen LogP contribution is 2.19. The molecule has 0 saturated carbocycles. The monoisotopic (exact) mass is 340 g/mol. The SMILES string of the molecule is CC(C)COC(=O)NCCNC(=O)c1ccc(-c2ccccc2)cc1. The van der Waals surface area contributed by atoms with Crippen LogP contribution in [0.5, 0.6) is 0 Å². The largest absolute Gasteiger partial charge is 0.449 e. The van der Waals surface area contributed by atoms with E-state index in [1.54, 1.807) is 12.1 Å². The Labute approximate surface area is 148 Å². The van der Waals surface area contributed by atoms with Crippen molar-refractivity contribution in [2.45, 2.75) is 13.8 Å². The summed E-state index contributed by atoms with van der Waals surface area (Å²) in [5.74, 6) is 0.126. The van der Waals surface area contributed by atoms with Crippen LogP contribution in [0.15, 0.2) is 54.6 Å². The lowest BCUT2D eigenvalue weighted by molar-refractivity contribution is 0.0951. The summed E-state index contributed by atoms with van der Waals surface area (Å²) in [6.45, 7) is 4.99. The van der Waals surface area contributed by atoms with Gasteiger partial charge in [0.15, 0.2) is 0 Å². The van der Waals surface area contributed by atoms with Crippen molar-refractivity contribution < 1.29 is 14.3 Å². The first kappa shape index (κ1) is 18.5. The number of alkyl carbamates (subject to hydrolysis) is 1. The second-order valence-electron chi connectivity index (χ2n) is 6.12. The third kappa shape index (κ3) is 6.30. The van der Waals surface area contributed by atoms with E-state index in [1.165, 1.54) is 0 Å². The van der Waals surface area contributed by atoms with Gasteiger partial charge in [-0.2, -0.15) is 0 Å². The fourth-order valence-electron chi connectivity index (χ4n) is 2.18. The second kappa shape index (κ2) is 9.47. The molecule has 5 heteroatoms. The first-order valence-electron chi connectivity index (χ1n) is 8.40. The fraction of sp³-hybridized carbons (Fsp3) is 0.300. The van der Waals surface area contributed by atoms with Gasteiger partial charge in [-0.05, 0) is 29.2 Å². The third-order valence-electron chi connectivity index (χ3n) is 3.48. The van der Waals surface area contributed by atoms with E-state index in [0.29, 0.717) is 31.2 Å². The first-order chi connectivity index (χ1) is 12.1. The molecule has 2 rings (SSSR count). The number of benzene rings is 2. The van der Waals surface area contributed by atoms with Crippen LogP contribution in [0.1, 0.15) is 24.2 Å². The highest BCUT2D eigenvalue weighted by Gasteiger charge is 2.07. The average Bonchev–Trinajstić information content (AvgIpc) is 2.64. The van der Waals surface area contributed by atoms with Crippen LogP contribution < -0.4 is 10.6 Å². The molecule has 0 atom stereocenters. The molecule has 0 bridgehead atoms. The van der Waals surface area contributed by atoms with Gasteiger partial charge >= 0.3 is 6.09 Å². The maximum Gasteiger partial charge on any atom is 0.407 e. The number of hydrogen-bond donors (Lipinski definition) is 2. The normalized spacial score (nSPS) is 10.4. The Morgan fingerprint density at radius 3 is 2.12 bits per heavy atom. The van der Waals surface area contributed by atoms with Gasteiger partial charge in [0.05, 0.1) is 6.61 Å². The Bertz CT molecular complexity index is 682. The first-order valence-corrected chi connectivity index (χ1v) is 8.40. The minimum atomic E-state index is -0.463. The number of carbonyl (C=O) groups is 2. The van der Waals surface area contributed by atoms with Crippen LogP contribution in [0, 0.1) is 5.92 Å². The average molecular weight is 340 g/mol. The van der Waals surface area contributed by atoms with Crippen LogP contribution >= 0.6 is 0 Å². The molecule has 2 aromatic rings. The molecule has 0 unspecified atom stereocenters. The summed E-state index contributed by atoms with van der Waals surface area (Å²) in [7, 11) is 0. The summed E-state index contributed by atoms with van der Waals surface area (Å²) < 4.78 is 4.99. The summed E-state index contributed by atoms with van der Waals surface area (Å²) in [6, 6.07) is 17.4. The molecule has 0 aliphatic carbocycles. The predicted molar refractivity (Wildman–Crippen MR) is 98.4 cm³/mol. The smallest absolute Gasteiger partial charge is 0.407 e. The minimum absolute atomic E-state index is 0.169. The van der Waals surface area contributed by atoms with Crippen molar-refractivity contribution in [2.24, 2.45) is 5.92 Å². The van der Waals surface area contributed by atoms with Crippen molar-refractivity contribution in [1.29, 1.82) is 0 Å². The molecule has 2 amide bonds. The lowest BCUT2D eigenvalue weighted by atomic mass is 10.0. The topological polar surface area (TPSA) is 67.4 Å². The second-order valence-corrected chi connectivity index (χ2v) is 6.12.